The van der Waals surface area contributed by atoms with E-state index in [0.717, 1.165) is 4.90 Å². The van der Waals surface area contributed by atoms with E-state index in [2.05, 4.69) is 4.98 Å². The zero-order valence-corrected chi connectivity index (χ0v) is 9.20. The Morgan fingerprint density at radius 2 is 1.94 bits per heavy atom. The van der Waals surface area contributed by atoms with Gasteiger partial charge in [-0.25, -0.2) is 4.79 Å². The lowest BCUT2D eigenvalue weighted by molar-refractivity contribution is 0.0679. The maximum atomic E-state index is 11.9. The number of rotatable bonds is 4. The molecule has 1 heterocycles. The third-order valence-electron chi connectivity index (χ3n) is 2.05. The lowest BCUT2D eigenvalue weighted by Crippen LogP contribution is -2.33. The maximum absolute atomic E-state index is 11.9. The molecule has 0 aromatic carbocycles. The average molecular weight is 244 g/mol. The Morgan fingerprint density at radius 3 is 2.44 bits per heavy atom. The van der Waals surface area contributed by atoms with E-state index in [0.29, 0.717) is 0 Å². The van der Waals surface area contributed by atoms with Gasteiger partial charge >= 0.3 is 5.97 Å². The average Bonchev–Trinajstić information content (AvgIpc) is 2.37. The molecular weight excluding hydrogens is 236 g/mol. The van der Waals surface area contributed by atoms with Crippen LogP contribution in [0.4, 0.5) is 0 Å². The number of hydrogen-bond acceptors (Lipinski definition) is 5. The molecule has 0 radical (unpaired) electrons. The van der Waals surface area contributed by atoms with Crippen molar-refractivity contribution in [2.45, 2.75) is 0 Å². The van der Waals surface area contributed by atoms with Gasteiger partial charge in [0.05, 0.1) is 17.7 Å². The largest absolute Gasteiger partial charge is 0.478 e. The predicted molar refractivity (Wildman–Crippen MR) is 58.3 cm³/mol. The Kier molecular flexibility index (Phi) is 4.35. The van der Waals surface area contributed by atoms with Gasteiger partial charge in [-0.2, -0.15) is 10.5 Å². The smallest absolute Gasteiger partial charge is 0.338 e. The van der Waals surface area contributed by atoms with Gasteiger partial charge in [0.25, 0.3) is 5.91 Å². The molecule has 7 heteroatoms. The molecule has 0 unspecified atom stereocenters. The summed E-state index contributed by atoms with van der Waals surface area (Å²) in [4.78, 5) is 27.5. The van der Waals surface area contributed by atoms with Gasteiger partial charge in [-0.3, -0.25) is 9.78 Å². The van der Waals surface area contributed by atoms with Crippen LogP contribution in [0.1, 0.15) is 20.8 Å². The molecule has 0 saturated carbocycles. The summed E-state index contributed by atoms with van der Waals surface area (Å²) in [5.41, 5.74) is -0.543. The molecule has 90 valence electrons. The summed E-state index contributed by atoms with van der Waals surface area (Å²) in [5.74, 6) is -2.04. The van der Waals surface area contributed by atoms with E-state index < -0.39 is 11.9 Å². The fraction of sp³-hybridized carbons (Fsp3) is 0.182. The van der Waals surface area contributed by atoms with Crippen LogP contribution in [0.5, 0.6) is 0 Å². The summed E-state index contributed by atoms with van der Waals surface area (Å²) >= 11 is 0. The number of aromatic carboxylic acids is 1. The van der Waals surface area contributed by atoms with Gasteiger partial charge in [-0.15, -0.1) is 0 Å². The minimum atomic E-state index is -1.29. The van der Waals surface area contributed by atoms with E-state index in [9.17, 15) is 9.59 Å². The van der Waals surface area contributed by atoms with E-state index >= 15 is 0 Å². The molecule has 0 atom stereocenters. The fourth-order valence-electron chi connectivity index (χ4n) is 1.27. The lowest BCUT2D eigenvalue weighted by Gasteiger charge is -2.15. The number of hydrogen-bond donors (Lipinski definition) is 1. The predicted octanol–water partition coefficient (Wildman–Crippen LogP) is 0.269. The second-order valence-electron chi connectivity index (χ2n) is 3.18. The van der Waals surface area contributed by atoms with E-state index in [4.69, 9.17) is 15.6 Å². The second kappa shape index (κ2) is 5.97. The van der Waals surface area contributed by atoms with Crippen molar-refractivity contribution in [1.29, 1.82) is 10.5 Å². The van der Waals surface area contributed by atoms with Crippen molar-refractivity contribution in [3.05, 3.63) is 29.6 Å². The number of nitriles is 2. The summed E-state index contributed by atoms with van der Waals surface area (Å²) in [6.45, 7) is -0.607. The van der Waals surface area contributed by atoms with Gasteiger partial charge in [0.2, 0.25) is 0 Å². The highest BCUT2D eigenvalue weighted by Crippen LogP contribution is 2.08. The van der Waals surface area contributed by atoms with Crippen molar-refractivity contribution in [2.75, 3.05) is 13.1 Å². The van der Waals surface area contributed by atoms with Crippen molar-refractivity contribution >= 4 is 11.9 Å². The Balaban J connectivity index is 3.14. The molecule has 0 saturated heterocycles. The summed E-state index contributed by atoms with van der Waals surface area (Å²) in [7, 11) is 0. The minimum Gasteiger partial charge on any atom is -0.478 e. The molecule has 1 aromatic rings. The molecule has 1 aromatic heterocycles. The van der Waals surface area contributed by atoms with Crippen LogP contribution in [0.3, 0.4) is 0 Å². The molecule has 18 heavy (non-hydrogen) atoms. The zero-order valence-electron chi connectivity index (χ0n) is 9.20. The molecule has 0 aliphatic rings. The number of amides is 1. The SMILES string of the molecule is N#CCN(CC#N)C(=O)c1ncccc1C(=O)O. The molecule has 1 N–H and O–H groups in total. The number of aromatic nitrogens is 1. The first kappa shape index (κ1) is 13.1. The highest BCUT2D eigenvalue weighted by atomic mass is 16.4. The quantitative estimate of drug-likeness (QED) is 0.759. The first-order valence-corrected chi connectivity index (χ1v) is 4.83. The molecular formula is C11H8N4O3. The third kappa shape index (κ3) is 2.80. The van der Waals surface area contributed by atoms with Crippen LogP contribution < -0.4 is 0 Å². The van der Waals surface area contributed by atoms with Crippen molar-refractivity contribution in [1.82, 2.24) is 9.88 Å². The maximum Gasteiger partial charge on any atom is 0.338 e. The summed E-state index contributed by atoms with van der Waals surface area (Å²) in [5, 5.41) is 26.0. The first-order chi connectivity index (χ1) is 8.61. The summed E-state index contributed by atoms with van der Waals surface area (Å²) < 4.78 is 0. The molecule has 7 nitrogen and oxygen atoms in total. The number of pyridine rings is 1. The molecule has 0 aliphatic carbocycles. The number of carbonyl (C=O) groups excluding carboxylic acids is 1. The summed E-state index contributed by atoms with van der Waals surface area (Å²) in [6, 6.07) is 6.09. The van der Waals surface area contributed by atoms with Crippen LogP contribution in [-0.2, 0) is 0 Å². The second-order valence-corrected chi connectivity index (χ2v) is 3.18. The monoisotopic (exact) mass is 244 g/mol. The molecule has 0 spiro atoms. The zero-order chi connectivity index (χ0) is 13.5. The van der Waals surface area contributed by atoms with Gasteiger partial charge in [0.15, 0.2) is 0 Å². The molecule has 1 amide bonds. The Hall–Kier alpha value is -2.93. The molecule has 0 fully saturated rings. The Morgan fingerprint density at radius 1 is 1.33 bits per heavy atom. The van der Waals surface area contributed by atoms with Crippen molar-refractivity contribution < 1.29 is 14.7 Å². The van der Waals surface area contributed by atoms with Crippen molar-refractivity contribution in [3.8, 4) is 12.1 Å². The highest BCUT2D eigenvalue weighted by molar-refractivity contribution is 6.03. The van der Waals surface area contributed by atoms with Gasteiger partial charge in [-0.05, 0) is 12.1 Å². The Bertz CT molecular complexity index is 540. The van der Waals surface area contributed by atoms with E-state index in [1.165, 1.54) is 18.3 Å². The van der Waals surface area contributed by atoms with Crippen molar-refractivity contribution in [3.63, 3.8) is 0 Å². The van der Waals surface area contributed by atoms with Gasteiger partial charge < -0.3 is 10.0 Å². The van der Waals surface area contributed by atoms with Crippen LogP contribution in [0.25, 0.3) is 0 Å². The van der Waals surface area contributed by atoms with Gasteiger partial charge in [-0.1, -0.05) is 0 Å². The van der Waals surface area contributed by atoms with Gasteiger partial charge in [0.1, 0.15) is 18.8 Å². The topological polar surface area (TPSA) is 118 Å². The number of carbonyl (C=O) groups is 2. The van der Waals surface area contributed by atoms with E-state index in [-0.39, 0.29) is 24.3 Å². The van der Waals surface area contributed by atoms with Crippen LogP contribution in [0.15, 0.2) is 18.3 Å². The van der Waals surface area contributed by atoms with Crippen LogP contribution in [0, 0.1) is 22.7 Å². The molecule has 0 aliphatic heterocycles. The van der Waals surface area contributed by atoms with Crippen LogP contribution in [-0.4, -0.2) is 40.0 Å². The number of carboxylic acid groups (broad SMARTS) is 1. The van der Waals surface area contributed by atoms with E-state index in [1.807, 2.05) is 0 Å². The lowest BCUT2D eigenvalue weighted by atomic mass is 10.1. The van der Waals surface area contributed by atoms with Gasteiger partial charge in [0, 0.05) is 6.20 Å². The van der Waals surface area contributed by atoms with E-state index in [1.54, 1.807) is 12.1 Å². The van der Waals surface area contributed by atoms with Crippen LogP contribution in [0.2, 0.25) is 0 Å². The molecule has 0 bridgehead atoms. The van der Waals surface area contributed by atoms with Crippen LogP contribution >= 0.6 is 0 Å². The highest BCUT2D eigenvalue weighted by Gasteiger charge is 2.22. The Labute approximate surface area is 103 Å². The normalized spacial score (nSPS) is 9.00. The number of nitrogens with zero attached hydrogens (tertiary/aromatic N) is 4. The first-order valence-electron chi connectivity index (χ1n) is 4.83. The number of carboxylic acids is 1. The standard InChI is InChI=1S/C11H8N4O3/c12-3-6-15(7-4-13)10(16)9-8(11(17)18)2-1-5-14-9/h1-2,5H,6-7H2,(H,17,18). The minimum absolute atomic E-state index is 0.261. The fourth-order valence-corrected chi connectivity index (χ4v) is 1.27. The van der Waals surface area contributed by atoms with Crippen molar-refractivity contribution in [2.24, 2.45) is 0 Å². The third-order valence-corrected chi connectivity index (χ3v) is 2.05. The molecule has 1 rings (SSSR count). The summed E-state index contributed by atoms with van der Waals surface area (Å²) in [6.07, 6.45) is 1.27.